The Bertz CT molecular complexity index is 248. The summed E-state index contributed by atoms with van der Waals surface area (Å²) in [5.41, 5.74) is 0. The molecule has 0 spiro atoms. The maximum absolute atomic E-state index is 11.6. The molecular weight excluding hydrogens is 246 g/mol. The molecule has 0 rings (SSSR count). The third-order valence-corrected chi connectivity index (χ3v) is 4.68. The predicted molar refractivity (Wildman–Crippen MR) is 69.7 cm³/mol. The molecule has 1 amide bonds. The van der Waals surface area contributed by atoms with Crippen LogP contribution in [0.4, 0.5) is 0 Å². The summed E-state index contributed by atoms with van der Waals surface area (Å²) >= 11 is 0. The van der Waals surface area contributed by atoms with E-state index in [1.54, 1.807) is 21.6 Å². The van der Waals surface area contributed by atoms with Gasteiger partial charge in [0.2, 0.25) is 5.91 Å². The van der Waals surface area contributed by atoms with Crippen molar-refractivity contribution in [2.45, 2.75) is 38.0 Å². The van der Waals surface area contributed by atoms with Gasteiger partial charge >= 0.3 is 5.97 Å². The number of hydrogen-bond donors (Lipinski definition) is 1. The van der Waals surface area contributed by atoms with Crippen LogP contribution in [0.1, 0.15) is 26.7 Å². The molecule has 0 aromatic heterocycles. The highest BCUT2D eigenvalue weighted by molar-refractivity contribution is 8.76. The van der Waals surface area contributed by atoms with E-state index in [2.05, 4.69) is 6.92 Å². The van der Waals surface area contributed by atoms with E-state index in [-0.39, 0.29) is 5.91 Å². The van der Waals surface area contributed by atoms with Crippen molar-refractivity contribution in [2.75, 3.05) is 13.3 Å². The van der Waals surface area contributed by atoms with Crippen molar-refractivity contribution in [1.82, 2.24) is 4.90 Å². The lowest BCUT2D eigenvalue weighted by molar-refractivity contribution is -0.148. The Balaban J connectivity index is 4.01. The van der Waals surface area contributed by atoms with Gasteiger partial charge in [-0.05, 0) is 19.6 Å². The van der Waals surface area contributed by atoms with Gasteiger partial charge in [-0.15, -0.1) is 0 Å². The molecule has 0 unspecified atom stereocenters. The molecule has 0 heterocycles. The van der Waals surface area contributed by atoms with Gasteiger partial charge in [0.1, 0.15) is 6.04 Å². The van der Waals surface area contributed by atoms with E-state index in [1.165, 1.54) is 18.9 Å². The van der Waals surface area contributed by atoms with Gasteiger partial charge in [-0.2, -0.15) is 0 Å². The van der Waals surface area contributed by atoms with Crippen molar-refractivity contribution in [1.29, 1.82) is 0 Å². The Hall–Kier alpha value is -0.360. The molecule has 0 aliphatic rings. The van der Waals surface area contributed by atoms with Crippen molar-refractivity contribution in [3.05, 3.63) is 0 Å². The first-order valence-electron chi connectivity index (χ1n) is 5.08. The van der Waals surface area contributed by atoms with E-state index in [4.69, 9.17) is 5.11 Å². The lowest BCUT2D eigenvalue weighted by Crippen LogP contribution is -2.40. The zero-order valence-electron chi connectivity index (χ0n) is 10.1. The van der Waals surface area contributed by atoms with Gasteiger partial charge < -0.3 is 10.0 Å². The Kier molecular flexibility index (Phi) is 7.66. The fraction of sp³-hybridized carbons (Fsp3) is 0.800. The van der Waals surface area contributed by atoms with Crippen molar-refractivity contribution in [3.8, 4) is 0 Å². The Labute approximate surface area is 105 Å². The van der Waals surface area contributed by atoms with Crippen LogP contribution < -0.4 is 0 Å². The van der Waals surface area contributed by atoms with Gasteiger partial charge in [0.25, 0.3) is 0 Å². The first-order valence-corrected chi connectivity index (χ1v) is 7.70. The maximum atomic E-state index is 11.6. The molecule has 0 aliphatic heterocycles. The monoisotopic (exact) mass is 265 g/mol. The third-order valence-electron chi connectivity index (χ3n) is 2.36. The minimum atomic E-state index is -0.970. The average Bonchev–Trinajstić information content (AvgIpc) is 2.24. The summed E-state index contributed by atoms with van der Waals surface area (Å²) in [5, 5.41) is 9.17. The van der Waals surface area contributed by atoms with E-state index < -0.39 is 12.0 Å². The molecule has 0 aromatic rings. The molecule has 2 atom stereocenters. The highest BCUT2D eigenvalue weighted by Gasteiger charge is 2.21. The number of carboxylic acids is 1. The fourth-order valence-corrected chi connectivity index (χ4v) is 2.91. The van der Waals surface area contributed by atoms with Crippen LogP contribution in [-0.4, -0.2) is 46.5 Å². The van der Waals surface area contributed by atoms with Crippen LogP contribution in [0.15, 0.2) is 0 Å². The van der Waals surface area contributed by atoms with Crippen molar-refractivity contribution < 1.29 is 14.7 Å². The van der Waals surface area contributed by atoms with Crippen LogP contribution in [-0.2, 0) is 9.59 Å². The summed E-state index contributed by atoms with van der Waals surface area (Å²) in [6.45, 7) is 3.58. The summed E-state index contributed by atoms with van der Waals surface area (Å²) < 4.78 is 0. The van der Waals surface area contributed by atoms with Crippen LogP contribution >= 0.6 is 21.6 Å². The van der Waals surface area contributed by atoms with Crippen molar-refractivity contribution in [2.24, 2.45) is 0 Å². The number of nitrogens with zero attached hydrogens (tertiary/aromatic N) is 1. The molecule has 0 aromatic carbocycles. The number of amides is 1. The van der Waals surface area contributed by atoms with Crippen LogP contribution in [0.5, 0.6) is 0 Å². The standard InChI is InChI=1S/C10H19NO3S2/c1-7(16-15-4)5-6-9(12)11(3)8(2)10(13)14/h7-8H,5-6H2,1-4H3,(H,13,14)/t7-,8+/m1/s1. The van der Waals surface area contributed by atoms with Gasteiger partial charge in [-0.25, -0.2) is 4.79 Å². The molecule has 1 N–H and O–H groups in total. The highest BCUT2D eigenvalue weighted by Crippen LogP contribution is 2.26. The van der Waals surface area contributed by atoms with E-state index >= 15 is 0 Å². The van der Waals surface area contributed by atoms with Crippen molar-refractivity contribution in [3.63, 3.8) is 0 Å². The molecule has 0 saturated heterocycles. The number of aliphatic carboxylic acids is 1. The van der Waals surface area contributed by atoms with Crippen LogP contribution in [0, 0.1) is 0 Å². The third kappa shape index (κ3) is 5.65. The normalized spacial score (nSPS) is 14.2. The molecule has 4 nitrogen and oxygen atoms in total. The minimum absolute atomic E-state index is 0.108. The maximum Gasteiger partial charge on any atom is 0.326 e. The van der Waals surface area contributed by atoms with Gasteiger partial charge in [0.15, 0.2) is 0 Å². The van der Waals surface area contributed by atoms with Gasteiger partial charge in [-0.1, -0.05) is 28.5 Å². The molecule has 0 bridgehead atoms. The van der Waals surface area contributed by atoms with E-state index in [1.807, 2.05) is 6.26 Å². The van der Waals surface area contributed by atoms with E-state index in [0.717, 1.165) is 6.42 Å². The number of likely N-dealkylation sites (N-methyl/N-ethyl adjacent to an activating group) is 1. The summed E-state index contributed by atoms with van der Waals surface area (Å²) in [6, 6.07) is -0.754. The predicted octanol–water partition coefficient (Wildman–Crippen LogP) is 2.10. The number of hydrogen-bond acceptors (Lipinski definition) is 4. The van der Waals surface area contributed by atoms with Crippen molar-refractivity contribution >= 4 is 33.5 Å². The van der Waals surface area contributed by atoms with Gasteiger partial charge in [-0.3, -0.25) is 4.79 Å². The molecule has 0 fully saturated rings. The Morgan fingerprint density at radius 3 is 2.38 bits per heavy atom. The zero-order chi connectivity index (χ0) is 12.7. The Morgan fingerprint density at radius 2 is 1.94 bits per heavy atom. The number of carboxylic acid groups (broad SMARTS) is 1. The lowest BCUT2D eigenvalue weighted by Gasteiger charge is -2.22. The first kappa shape index (κ1) is 15.6. The molecule has 0 saturated carbocycles. The van der Waals surface area contributed by atoms with Crippen LogP contribution in [0.25, 0.3) is 0 Å². The second kappa shape index (κ2) is 7.84. The fourth-order valence-electron chi connectivity index (χ4n) is 1.10. The van der Waals surface area contributed by atoms with Gasteiger partial charge in [0.05, 0.1) is 0 Å². The van der Waals surface area contributed by atoms with E-state index in [9.17, 15) is 9.59 Å². The first-order chi connectivity index (χ1) is 7.40. The summed E-state index contributed by atoms with van der Waals surface area (Å²) in [6.07, 6.45) is 3.19. The van der Waals surface area contributed by atoms with E-state index in [0.29, 0.717) is 11.7 Å². The number of carbonyl (C=O) groups excluding carboxylic acids is 1. The SMILES string of the molecule is CSS[C@H](C)CCC(=O)N(C)[C@@H](C)C(=O)O. The summed E-state index contributed by atoms with van der Waals surface area (Å²) in [4.78, 5) is 23.6. The van der Waals surface area contributed by atoms with Gasteiger partial charge in [0, 0.05) is 18.7 Å². The summed E-state index contributed by atoms with van der Waals surface area (Å²) in [5.74, 6) is -1.08. The smallest absolute Gasteiger partial charge is 0.326 e. The molecule has 0 aliphatic carbocycles. The Morgan fingerprint density at radius 1 is 1.38 bits per heavy atom. The molecule has 6 heteroatoms. The average molecular weight is 265 g/mol. The topological polar surface area (TPSA) is 57.6 Å². The second-order valence-corrected chi connectivity index (χ2v) is 6.54. The highest BCUT2D eigenvalue weighted by atomic mass is 33.1. The molecular formula is C10H19NO3S2. The summed E-state index contributed by atoms with van der Waals surface area (Å²) in [7, 11) is 4.94. The minimum Gasteiger partial charge on any atom is -0.480 e. The molecule has 0 radical (unpaired) electrons. The quantitative estimate of drug-likeness (QED) is 0.714. The molecule has 94 valence electrons. The lowest BCUT2D eigenvalue weighted by atomic mass is 10.2. The number of rotatable bonds is 7. The second-order valence-electron chi connectivity index (χ2n) is 3.63. The zero-order valence-corrected chi connectivity index (χ0v) is 11.7. The molecule has 16 heavy (non-hydrogen) atoms. The number of carbonyl (C=O) groups is 2. The van der Waals surface area contributed by atoms with Crippen LogP contribution in [0.3, 0.4) is 0 Å². The van der Waals surface area contributed by atoms with Crippen LogP contribution in [0.2, 0.25) is 0 Å². The largest absolute Gasteiger partial charge is 0.480 e.